The SMILES string of the molecule is CC(C)N1CCN(c2ccc(C(=O)N3CCC(N4CCNC4=O)CC3)cc2)CC1. The van der Waals surface area contributed by atoms with E-state index in [0.29, 0.717) is 19.1 Å². The summed E-state index contributed by atoms with van der Waals surface area (Å²) in [4.78, 5) is 33.5. The van der Waals surface area contributed by atoms with E-state index in [0.717, 1.165) is 57.7 Å². The number of piperidine rings is 1. The van der Waals surface area contributed by atoms with E-state index in [9.17, 15) is 9.59 Å². The Morgan fingerprint density at radius 2 is 1.62 bits per heavy atom. The minimum atomic E-state index is 0.0413. The Balaban J connectivity index is 1.30. The molecule has 0 unspecified atom stereocenters. The van der Waals surface area contributed by atoms with Crippen molar-refractivity contribution in [2.24, 2.45) is 0 Å². The van der Waals surface area contributed by atoms with E-state index in [-0.39, 0.29) is 18.0 Å². The molecule has 1 N–H and O–H groups in total. The van der Waals surface area contributed by atoms with Gasteiger partial charge in [0.2, 0.25) is 0 Å². The number of likely N-dealkylation sites (tertiary alicyclic amines) is 1. The molecule has 3 saturated heterocycles. The Labute approximate surface area is 173 Å². The van der Waals surface area contributed by atoms with E-state index in [1.807, 2.05) is 21.9 Å². The predicted octanol–water partition coefficient (Wildman–Crippen LogP) is 1.85. The Morgan fingerprint density at radius 1 is 0.966 bits per heavy atom. The van der Waals surface area contributed by atoms with Crippen LogP contribution in [-0.2, 0) is 0 Å². The van der Waals surface area contributed by atoms with Crippen LogP contribution in [0.25, 0.3) is 0 Å². The number of piperazine rings is 1. The van der Waals surface area contributed by atoms with Crippen LogP contribution >= 0.6 is 0 Å². The third-order valence-corrected chi connectivity index (χ3v) is 6.61. The van der Waals surface area contributed by atoms with E-state index >= 15 is 0 Å². The van der Waals surface area contributed by atoms with Gasteiger partial charge in [-0.25, -0.2) is 4.79 Å². The number of urea groups is 1. The lowest BCUT2D eigenvalue weighted by Gasteiger charge is -2.38. The Kier molecular flexibility index (Phi) is 5.94. The molecule has 0 bridgehead atoms. The quantitative estimate of drug-likeness (QED) is 0.840. The highest BCUT2D eigenvalue weighted by atomic mass is 16.2. The van der Waals surface area contributed by atoms with Crippen LogP contribution in [0.2, 0.25) is 0 Å². The lowest BCUT2D eigenvalue weighted by molar-refractivity contribution is 0.0666. The number of carbonyl (C=O) groups excluding carboxylic acids is 2. The lowest BCUT2D eigenvalue weighted by Crippen LogP contribution is -2.49. The van der Waals surface area contributed by atoms with Crippen molar-refractivity contribution in [1.29, 1.82) is 0 Å². The number of anilines is 1. The normalized spacial score (nSPS) is 21.8. The average Bonchev–Trinajstić information content (AvgIpc) is 3.19. The zero-order valence-electron chi connectivity index (χ0n) is 17.6. The van der Waals surface area contributed by atoms with Gasteiger partial charge in [0.15, 0.2) is 0 Å². The van der Waals surface area contributed by atoms with Crippen molar-refractivity contribution in [2.45, 2.75) is 38.8 Å². The topological polar surface area (TPSA) is 59.1 Å². The molecule has 1 aromatic carbocycles. The third-order valence-electron chi connectivity index (χ3n) is 6.61. The fraction of sp³-hybridized carbons (Fsp3) is 0.636. The second-order valence-electron chi connectivity index (χ2n) is 8.61. The lowest BCUT2D eigenvalue weighted by atomic mass is 10.0. The maximum Gasteiger partial charge on any atom is 0.317 e. The number of nitrogens with one attached hydrogen (secondary N) is 1. The molecular weight excluding hydrogens is 366 g/mol. The minimum Gasteiger partial charge on any atom is -0.369 e. The Hall–Kier alpha value is -2.28. The second kappa shape index (κ2) is 8.61. The van der Waals surface area contributed by atoms with Crippen molar-refractivity contribution in [1.82, 2.24) is 20.0 Å². The summed E-state index contributed by atoms with van der Waals surface area (Å²) in [5.41, 5.74) is 1.95. The number of hydrogen-bond donors (Lipinski definition) is 1. The number of carbonyl (C=O) groups is 2. The minimum absolute atomic E-state index is 0.0413. The zero-order chi connectivity index (χ0) is 20.4. The number of nitrogens with zero attached hydrogens (tertiary/aromatic N) is 4. The van der Waals surface area contributed by atoms with Gasteiger partial charge in [-0.05, 0) is 51.0 Å². The molecule has 158 valence electrons. The highest BCUT2D eigenvalue weighted by molar-refractivity contribution is 5.94. The highest BCUT2D eigenvalue weighted by Gasteiger charge is 2.32. The van der Waals surface area contributed by atoms with Gasteiger partial charge in [-0.2, -0.15) is 0 Å². The van der Waals surface area contributed by atoms with Gasteiger partial charge >= 0.3 is 6.03 Å². The van der Waals surface area contributed by atoms with Gasteiger partial charge in [0, 0.05) is 75.7 Å². The maximum atomic E-state index is 12.9. The van der Waals surface area contributed by atoms with Gasteiger partial charge < -0.3 is 20.0 Å². The van der Waals surface area contributed by atoms with Gasteiger partial charge in [-0.1, -0.05) is 0 Å². The first-order chi connectivity index (χ1) is 14.0. The summed E-state index contributed by atoms with van der Waals surface area (Å²) >= 11 is 0. The summed E-state index contributed by atoms with van der Waals surface area (Å²) in [5, 5.41) is 2.87. The van der Waals surface area contributed by atoms with Crippen LogP contribution in [0.15, 0.2) is 24.3 Å². The molecule has 7 nitrogen and oxygen atoms in total. The molecule has 0 aromatic heterocycles. The summed E-state index contributed by atoms with van der Waals surface area (Å²) in [5.74, 6) is 0.102. The standard InChI is InChI=1S/C22H33N5O2/c1-17(2)24-13-15-25(16-14-24)19-5-3-18(4-6-19)21(28)26-10-7-20(8-11-26)27-12-9-23-22(27)29/h3-6,17,20H,7-16H2,1-2H3,(H,23,29). The molecule has 4 rings (SSSR count). The van der Waals surface area contributed by atoms with Gasteiger partial charge in [0.25, 0.3) is 5.91 Å². The van der Waals surface area contributed by atoms with E-state index in [2.05, 4.69) is 41.1 Å². The monoisotopic (exact) mass is 399 g/mol. The third kappa shape index (κ3) is 4.34. The predicted molar refractivity (Wildman–Crippen MR) is 114 cm³/mol. The molecule has 3 amide bonds. The fourth-order valence-corrected chi connectivity index (χ4v) is 4.71. The highest BCUT2D eigenvalue weighted by Crippen LogP contribution is 2.22. The molecule has 0 saturated carbocycles. The molecule has 0 spiro atoms. The van der Waals surface area contributed by atoms with Crippen LogP contribution < -0.4 is 10.2 Å². The van der Waals surface area contributed by atoms with Crippen LogP contribution in [-0.4, -0.2) is 91.1 Å². The van der Waals surface area contributed by atoms with Crippen molar-refractivity contribution in [3.8, 4) is 0 Å². The molecule has 3 heterocycles. The number of hydrogen-bond acceptors (Lipinski definition) is 4. The zero-order valence-corrected chi connectivity index (χ0v) is 17.6. The smallest absolute Gasteiger partial charge is 0.317 e. The van der Waals surface area contributed by atoms with Crippen LogP contribution in [0.1, 0.15) is 37.0 Å². The van der Waals surface area contributed by atoms with Crippen molar-refractivity contribution in [2.75, 3.05) is 57.3 Å². The molecule has 0 radical (unpaired) electrons. The first-order valence-corrected chi connectivity index (χ1v) is 11.0. The number of benzene rings is 1. The second-order valence-corrected chi connectivity index (χ2v) is 8.61. The Bertz CT molecular complexity index is 719. The molecule has 7 heteroatoms. The molecule has 29 heavy (non-hydrogen) atoms. The average molecular weight is 400 g/mol. The van der Waals surface area contributed by atoms with Gasteiger partial charge in [-0.15, -0.1) is 0 Å². The summed E-state index contributed by atoms with van der Waals surface area (Å²) in [6, 6.07) is 8.99. The van der Waals surface area contributed by atoms with Crippen LogP contribution in [0.3, 0.4) is 0 Å². The first kappa shape index (κ1) is 20.0. The molecule has 0 aliphatic carbocycles. The number of rotatable bonds is 4. The van der Waals surface area contributed by atoms with Crippen LogP contribution in [0.4, 0.5) is 10.5 Å². The molecule has 1 aromatic rings. The van der Waals surface area contributed by atoms with Gasteiger partial charge in [-0.3, -0.25) is 9.69 Å². The largest absolute Gasteiger partial charge is 0.369 e. The molecule has 3 aliphatic heterocycles. The van der Waals surface area contributed by atoms with Crippen molar-refractivity contribution >= 4 is 17.6 Å². The van der Waals surface area contributed by atoms with Crippen LogP contribution in [0, 0.1) is 0 Å². The van der Waals surface area contributed by atoms with Crippen molar-refractivity contribution in [3.63, 3.8) is 0 Å². The summed E-state index contributed by atoms with van der Waals surface area (Å²) in [6.07, 6.45) is 1.72. The maximum absolute atomic E-state index is 12.9. The van der Waals surface area contributed by atoms with Crippen molar-refractivity contribution in [3.05, 3.63) is 29.8 Å². The van der Waals surface area contributed by atoms with E-state index < -0.39 is 0 Å². The number of amides is 3. The van der Waals surface area contributed by atoms with E-state index in [1.54, 1.807) is 0 Å². The summed E-state index contributed by atoms with van der Waals surface area (Å²) < 4.78 is 0. The molecule has 3 aliphatic rings. The van der Waals surface area contributed by atoms with Gasteiger partial charge in [0.1, 0.15) is 0 Å². The fourth-order valence-electron chi connectivity index (χ4n) is 4.71. The van der Waals surface area contributed by atoms with E-state index in [4.69, 9.17) is 0 Å². The molecule has 3 fully saturated rings. The Morgan fingerprint density at radius 3 is 2.17 bits per heavy atom. The van der Waals surface area contributed by atoms with Gasteiger partial charge in [0.05, 0.1) is 0 Å². The summed E-state index contributed by atoms with van der Waals surface area (Å²) in [6.45, 7) is 11.7. The molecular formula is C22H33N5O2. The van der Waals surface area contributed by atoms with Crippen molar-refractivity contribution < 1.29 is 9.59 Å². The van der Waals surface area contributed by atoms with Crippen LogP contribution in [0.5, 0.6) is 0 Å². The van der Waals surface area contributed by atoms with E-state index in [1.165, 1.54) is 5.69 Å². The first-order valence-electron chi connectivity index (χ1n) is 11.0. The molecule has 0 atom stereocenters. The summed E-state index contributed by atoms with van der Waals surface area (Å²) in [7, 11) is 0.